The summed E-state index contributed by atoms with van der Waals surface area (Å²) < 4.78 is 55.0. The molecule has 0 aromatic heterocycles. The van der Waals surface area contributed by atoms with Gasteiger partial charge in [0.15, 0.2) is 0 Å². The first-order chi connectivity index (χ1) is 17.1. The molecule has 0 atom stereocenters. The highest BCUT2D eigenvalue weighted by Crippen LogP contribution is 2.42. The quantitative estimate of drug-likeness (QED) is 0.494. The average Bonchev–Trinajstić information content (AvgIpc) is 2.81. The lowest BCUT2D eigenvalue weighted by atomic mass is 9.67. The van der Waals surface area contributed by atoms with Crippen LogP contribution in [0.25, 0.3) is 0 Å². The van der Waals surface area contributed by atoms with E-state index in [0.717, 1.165) is 0 Å². The van der Waals surface area contributed by atoms with Crippen molar-refractivity contribution in [2.75, 3.05) is 39.3 Å². The summed E-state index contributed by atoms with van der Waals surface area (Å²) in [4.78, 5) is 26.5. The molecule has 37 heavy (non-hydrogen) atoms. The molecule has 3 rings (SSSR count). The molecule has 11 heteroatoms. The summed E-state index contributed by atoms with van der Waals surface area (Å²) in [5.41, 5.74) is -0.773. The number of nitrogens with zero attached hydrogens (tertiary/aromatic N) is 2. The van der Waals surface area contributed by atoms with E-state index in [4.69, 9.17) is 0 Å². The second-order valence-electron chi connectivity index (χ2n) is 11.4. The lowest BCUT2D eigenvalue weighted by Gasteiger charge is -2.52. The van der Waals surface area contributed by atoms with Crippen LogP contribution in [0.4, 0.5) is 8.78 Å². The Hall–Kier alpha value is -2.37. The van der Waals surface area contributed by atoms with Crippen LogP contribution in [-0.4, -0.2) is 80.7 Å². The van der Waals surface area contributed by atoms with Crippen LogP contribution in [0, 0.1) is 10.8 Å². The molecule has 0 unspecified atom stereocenters. The van der Waals surface area contributed by atoms with Crippen molar-refractivity contribution in [1.29, 1.82) is 0 Å². The van der Waals surface area contributed by atoms with Crippen LogP contribution in [0.3, 0.4) is 0 Å². The zero-order chi connectivity index (χ0) is 27.6. The van der Waals surface area contributed by atoms with E-state index in [9.17, 15) is 26.8 Å². The fourth-order valence-electron chi connectivity index (χ4n) is 5.43. The molecule has 8 nitrogen and oxygen atoms in total. The summed E-state index contributed by atoms with van der Waals surface area (Å²) in [6.07, 6.45) is 0.862. The lowest BCUT2D eigenvalue weighted by molar-refractivity contribution is -0.120. The highest BCUT2D eigenvalue weighted by molar-refractivity contribution is 7.89. The third-order valence-corrected chi connectivity index (χ3v) is 9.06. The van der Waals surface area contributed by atoms with Gasteiger partial charge < -0.3 is 15.5 Å². The number of sulfonamides is 1. The van der Waals surface area contributed by atoms with Gasteiger partial charge in [-0.3, -0.25) is 9.59 Å². The number of likely N-dealkylation sites (tertiary alicyclic amines) is 1. The summed E-state index contributed by atoms with van der Waals surface area (Å²) in [5, 5.41) is 5.73. The fourth-order valence-corrected chi connectivity index (χ4v) is 7.21. The molecule has 2 heterocycles. The van der Waals surface area contributed by atoms with E-state index in [1.807, 2.05) is 32.6 Å². The Balaban J connectivity index is 1.62. The number of rotatable bonds is 8. The number of hydrogen-bond donors (Lipinski definition) is 2. The molecule has 0 bridgehead atoms. The standard InChI is InChI=1S/C26H38F2N4O4S/c1-6-21(33)30-23-24(2,3)17-32(18-25(23,4)5)37(35,36)20-9-7-19(8-10-20)22(34)29-13-16-31-14-11-26(27,28)12-15-31/h6-10,23H,1,11-18H2,2-5H3,(H,29,34)(H,30,33). The van der Waals surface area contributed by atoms with Crippen molar-refractivity contribution < 1.29 is 26.8 Å². The lowest BCUT2D eigenvalue weighted by Crippen LogP contribution is -2.64. The molecule has 2 fully saturated rings. The van der Waals surface area contributed by atoms with Gasteiger partial charge >= 0.3 is 0 Å². The Labute approximate surface area is 218 Å². The van der Waals surface area contributed by atoms with Gasteiger partial charge in [0.05, 0.1) is 4.90 Å². The SMILES string of the molecule is C=CC(=O)NC1C(C)(C)CN(S(=O)(=O)c2ccc(C(=O)NCCN3CCC(F)(F)CC3)cc2)CC1(C)C. The number of benzene rings is 1. The summed E-state index contributed by atoms with van der Waals surface area (Å²) in [6.45, 7) is 13.0. The first kappa shape index (κ1) is 29.2. The minimum atomic E-state index is -3.84. The predicted octanol–water partition coefficient (Wildman–Crippen LogP) is 2.88. The van der Waals surface area contributed by atoms with Crippen LogP contribution in [0.5, 0.6) is 0 Å². The van der Waals surface area contributed by atoms with Crippen LogP contribution in [0.2, 0.25) is 0 Å². The summed E-state index contributed by atoms with van der Waals surface area (Å²) in [7, 11) is -3.84. The predicted molar refractivity (Wildman–Crippen MR) is 138 cm³/mol. The molecule has 2 aliphatic heterocycles. The summed E-state index contributed by atoms with van der Waals surface area (Å²) in [5.74, 6) is -3.26. The maximum absolute atomic E-state index is 13.5. The number of alkyl halides is 2. The topological polar surface area (TPSA) is 98.8 Å². The Kier molecular flexibility index (Phi) is 8.51. The van der Waals surface area contributed by atoms with Crippen molar-refractivity contribution in [3.05, 3.63) is 42.5 Å². The van der Waals surface area contributed by atoms with Crippen molar-refractivity contribution in [2.45, 2.75) is 57.4 Å². The highest BCUT2D eigenvalue weighted by Gasteiger charge is 2.50. The number of carbonyl (C=O) groups is 2. The van der Waals surface area contributed by atoms with E-state index in [1.165, 1.54) is 34.6 Å². The normalized spacial score (nSPS) is 22.2. The maximum atomic E-state index is 13.5. The molecule has 2 amide bonds. The first-order valence-corrected chi connectivity index (χ1v) is 13.9. The number of piperidine rings is 2. The minimum Gasteiger partial charge on any atom is -0.351 e. The van der Waals surface area contributed by atoms with Crippen LogP contribution >= 0.6 is 0 Å². The molecular formula is C26H38F2N4O4S. The van der Waals surface area contributed by atoms with Crippen molar-refractivity contribution in [3.8, 4) is 0 Å². The van der Waals surface area contributed by atoms with Crippen molar-refractivity contribution in [2.24, 2.45) is 10.8 Å². The van der Waals surface area contributed by atoms with Crippen molar-refractivity contribution in [3.63, 3.8) is 0 Å². The van der Waals surface area contributed by atoms with Gasteiger partial charge in [-0.1, -0.05) is 34.3 Å². The molecule has 2 aliphatic rings. The third kappa shape index (κ3) is 6.94. The smallest absolute Gasteiger partial charge is 0.251 e. The number of halogens is 2. The molecule has 2 N–H and O–H groups in total. The molecular weight excluding hydrogens is 502 g/mol. The summed E-state index contributed by atoms with van der Waals surface area (Å²) >= 11 is 0. The van der Waals surface area contributed by atoms with Crippen molar-refractivity contribution in [1.82, 2.24) is 19.8 Å². The van der Waals surface area contributed by atoms with Gasteiger partial charge in [0, 0.05) is 63.7 Å². The van der Waals surface area contributed by atoms with Gasteiger partial charge in [0.1, 0.15) is 0 Å². The second kappa shape index (κ2) is 10.8. The number of amides is 2. The first-order valence-electron chi connectivity index (χ1n) is 12.5. The van der Waals surface area contributed by atoms with Crippen LogP contribution in [0.1, 0.15) is 50.9 Å². The van der Waals surface area contributed by atoms with Gasteiger partial charge in [-0.25, -0.2) is 17.2 Å². The van der Waals surface area contributed by atoms with E-state index < -0.39 is 26.8 Å². The fraction of sp³-hybridized carbons (Fsp3) is 0.615. The van der Waals surface area contributed by atoms with Crippen molar-refractivity contribution >= 4 is 21.8 Å². The van der Waals surface area contributed by atoms with Gasteiger partial charge in [0.2, 0.25) is 15.9 Å². The van der Waals surface area contributed by atoms with Gasteiger partial charge in [0.25, 0.3) is 11.8 Å². The van der Waals surface area contributed by atoms with E-state index >= 15 is 0 Å². The zero-order valence-electron chi connectivity index (χ0n) is 22.0. The molecule has 0 radical (unpaired) electrons. The molecule has 1 aromatic rings. The third-order valence-electron chi connectivity index (χ3n) is 7.26. The molecule has 0 saturated carbocycles. The molecule has 0 aliphatic carbocycles. The van der Waals surface area contributed by atoms with Crippen LogP contribution in [-0.2, 0) is 14.8 Å². The summed E-state index contributed by atoms with van der Waals surface area (Å²) in [6, 6.07) is 5.52. The maximum Gasteiger partial charge on any atom is 0.251 e. The van der Waals surface area contributed by atoms with Crippen LogP contribution < -0.4 is 10.6 Å². The molecule has 0 spiro atoms. The number of nitrogens with one attached hydrogen (secondary N) is 2. The van der Waals surface area contributed by atoms with E-state index in [1.54, 1.807) is 0 Å². The molecule has 206 valence electrons. The largest absolute Gasteiger partial charge is 0.351 e. The average molecular weight is 541 g/mol. The number of hydrogen-bond acceptors (Lipinski definition) is 5. The monoisotopic (exact) mass is 540 g/mol. The Morgan fingerprint density at radius 1 is 1.05 bits per heavy atom. The van der Waals surface area contributed by atoms with E-state index in [2.05, 4.69) is 17.2 Å². The van der Waals surface area contributed by atoms with Gasteiger partial charge in [-0.05, 0) is 41.2 Å². The second-order valence-corrected chi connectivity index (χ2v) is 13.3. The van der Waals surface area contributed by atoms with Crippen LogP contribution in [0.15, 0.2) is 41.8 Å². The Bertz CT molecular complexity index is 1090. The molecule has 1 aromatic carbocycles. The molecule has 2 saturated heterocycles. The highest BCUT2D eigenvalue weighted by atomic mass is 32.2. The van der Waals surface area contributed by atoms with Gasteiger partial charge in [-0.15, -0.1) is 0 Å². The zero-order valence-corrected chi connectivity index (χ0v) is 22.8. The van der Waals surface area contributed by atoms with Gasteiger partial charge in [-0.2, -0.15) is 4.31 Å². The van der Waals surface area contributed by atoms with E-state index in [-0.39, 0.29) is 48.7 Å². The van der Waals surface area contributed by atoms with E-state index in [0.29, 0.717) is 31.7 Å². The Morgan fingerprint density at radius 2 is 1.59 bits per heavy atom. The minimum absolute atomic E-state index is 0.0819. The number of carbonyl (C=O) groups excluding carboxylic acids is 2. The Morgan fingerprint density at radius 3 is 2.11 bits per heavy atom.